The normalized spacial score (nSPS) is 15.1. The van der Waals surface area contributed by atoms with Crippen LogP contribution in [0.25, 0.3) is 22.0 Å². The van der Waals surface area contributed by atoms with Crippen LogP contribution in [0.4, 0.5) is 0 Å². The summed E-state index contributed by atoms with van der Waals surface area (Å²) < 4.78 is 10.9. The number of benzene rings is 3. The SMILES string of the molecule is CCC(=O)N1N=C(c2c(-c3ccc(Cl)cc3)c3ccccc3[nH]c2=O)CC1c1ccc(OC)c(OC)c1. The van der Waals surface area contributed by atoms with Crippen molar-refractivity contribution in [2.75, 3.05) is 14.2 Å². The van der Waals surface area contributed by atoms with Crippen molar-refractivity contribution in [2.24, 2.45) is 5.10 Å². The predicted octanol–water partition coefficient (Wildman–Crippen LogP) is 5.95. The second-order valence-electron chi connectivity index (χ2n) is 8.73. The van der Waals surface area contributed by atoms with E-state index in [1.54, 1.807) is 33.3 Å². The molecule has 188 valence electrons. The lowest BCUT2D eigenvalue weighted by Crippen LogP contribution is -2.26. The topological polar surface area (TPSA) is 84.0 Å². The van der Waals surface area contributed by atoms with E-state index >= 15 is 0 Å². The maximum absolute atomic E-state index is 13.6. The van der Waals surface area contributed by atoms with Gasteiger partial charge in [-0.3, -0.25) is 9.59 Å². The highest BCUT2D eigenvalue weighted by Gasteiger charge is 2.35. The van der Waals surface area contributed by atoms with Crippen LogP contribution in [0, 0.1) is 0 Å². The summed E-state index contributed by atoms with van der Waals surface area (Å²) in [5.41, 5.74) is 3.87. The molecule has 0 saturated carbocycles. The standard InChI is InChI=1S/C29H26ClN3O4/c1-4-26(34)33-23(18-11-14-24(36-2)25(15-18)37-3)16-22(32-33)28-27(17-9-12-19(30)13-10-17)20-7-5-6-8-21(20)31-29(28)35/h5-15,23H,4,16H2,1-3H3,(H,31,35). The van der Waals surface area contributed by atoms with Gasteiger partial charge in [-0.15, -0.1) is 0 Å². The van der Waals surface area contributed by atoms with E-state index in [1.807, 2.05) is 54.6 Å². The van der Waals surface area contributed by atoms with Crippen LogP contribution in [0.15, 0.2) is 76.6 Å². The Morgan fingerprint density at radius 2 is 1.76 bits per heavy atom. The van der Waals surface area contributed by atoms with Crippen LogP contribution in [0.1, 0.15) is 36.9 Å². The molecule has 1 N–H and O–H groups in total. The molecule has 1 unspecified atom stereocenters. The summed E-state index contributed by atoms with van der Waals surface area (Å²) in [6, 6.07) is 20.2. The van der Waals surface area contributed by atoms with E-state index in [-0.39, 0.29) is 17.9 Å². The highest BCUT2D eigenvalue weighted by Crippen LogP contribution is 2.39. The molecule has 0 bridgehead atoms. The number of hydrazone groups is 1. The number of H-pyrrole nitrogens is 1. The van der Waals surface area contributed by atoms with Gasteiger partial charge in [-0.05, 0) is 41.5 Å². The number of aromatic nitrogens is 1. The number of nitrogens with zero attached hydrogens (tertiary/aromatic N) is 2. The van der Waals surface area contributed by atoms with E-state index in [0.717, 1.165) is 27.6 Å². The summed E-state index contributed by atoms with van der Waals surface area (Å²) in [5, 5.41) is 7.70. The third-order valence-corrected chi connectivity index (χ3v) is 6.86. The lowest BCUT2D eigenvalue weighted by molar-refractivity contribution is -0.132. The van der Waals surface area contributed by atoms with Crippen molar-refractivity contribution >= 4 is 34.1 Å². The van der Waals surface area contributed by atoms with Gasteiger partial charge >= 0.3 is 0 Å². The van der Waals surface area contributed by atoms with Crippen molar-refractivity contribution in [1.82, 2.24) is 9.99 Å². The second-order valence-corrected chi connectivity index (χ2v) is 9.17. The summed E-state index contributed by atoms with van der Waals surface area (Å²) in [4.78, 5) is 29.6. The van der Waals surface area contributed by atoms with Gasteiger partial charge in [0.15, 0.2) is 11.5 Å². The maximum Gasteiger partial charge on any atom is 0.258 e. The highest BCUT2D eigenvalue weighted by atomic mass is 35.5. The molecule has 0 radical (unpaired) electrons. The van der Waals surface area contributed by atoms with Crippen molar-refractivity contribution in [3.8, 4) is 22.6 Å². The molecule has 1 aliphatic heterocycles. The summed E-state index contributed by atoms with van der Waals surface area (Å²) in [5.74, 6) is 1.01. The summed E-state index contributed by atoms with van der Waals surface area (Å²) in [6.07, 6.45) is 0.641. The largest absolute Gasteiger partial charge is 0.493 e. The Balaban J connectivity index is 1.70. The van der Waals surface area contributed by atoms with Crippen molar-refractivity contribution in [2.45, 2.75) is 25.8 Å². The van der Waals surface area contributed by atoms with Gasteiger partial charge in [-0.25, -0.2) is 5.01 Å². The lowest BCUT2D eigenvalue weighted by atomic mass is 9.91. The van der Waals surface area contributed by atoms with Crippen LogP contribution in [-0.2, 0) is 4.79 Å². The van der Waals surface area contributed by atoms with Crippen LogP contribution in [0.5, 0.6) is 11.5 Å². The van der Waals surface area contributed by atoms with Crippen LogP contribution < -0.4 is 15.0 Å². The van der Waals surface area contributed by atoms with Crippen molar-refractivity contribution < 1.29 is 14.3 Å². The lowest BCUT2D eigenvalue weighted by Gasteiger charge is -2.22. The molecule has 3 aromatic carbocycles. The van der Waals surface area contributed by atoms with E-state index < -0.39 is 6.04 Å². The Bertz CT molecular complexity index is 1580. The zero-order valence-corrected chi connectivity index (χ0v) is 21.5. The number of carbonyl (C=O) groups excluding carboxylic acids is 1. The Kier molecular flexibility index (Phi) is 6.72. The molecule has 7 nitrogen and oxygen atoms in total. The van der Waals surface area contributed by atoms with Gasteiger partial charge in [0.2, 0.25) is 5.91 Å². The van der Waals surface area contributed by atoms with Gasteiger partial charge in [0, 0.05) is 34.3 Å². The van der Waals surface area contributed by atoms with E-state index in [4.69, 9.17) is 26.2 Å². The molecule has 1 amide bonds. The molecule has 0 spiro atoms. The minimum Gasteiger partial charge on any atom is -0.493 e. The summed E-state index contributed by atoms with van der Waals surface area (Å²) in [7, 11) is 3.14. The first-order valence-corrected chi connectivity index (χ1v) is 12.4. The quantitative estimate of drug-likeness (QED) is 0.344. The molecule has 1 atom stereocenters. The minimum atomic E-state index is -0.397. The smallest absolute Gasteiger partial charge is 0.258 e. The van der Waals surface area contributed by atoms with Gasteiger partial charge in [0.1, 0.15) is 0 Å². The van der Waals surface area contributed by atoms with Gasteiger partial charge < -0.3 is 14.5 Å². The van der Waals surface area contributed by atoms with Crippen LogP contribution in [-0.4, -0.2) is 35.8 Å². The van der Waals surface area contributed by atoms with Gasteiger partial charge in [-0.2, -0.15) is 5.10 Å². The first kappa shape index (κ1) is 24.6. The average molecular weight is 516 g/mol. The number of carbonyl (C=O) groups is 1. The Morgan fingerprint density at radius 1 is 1.03 bits per heavy atom. The molecule has 1 aromatic heterocycles. The van der Waals surface area contributed by atoms with Crippen LogP contribution in [0.3, 0.4) is 0 Å². The summed E-state index contributed by atoms with van der Waals surface area (Å²) >= 11 is 6.16. The first-order chi connectivity index (χ1) is 17.9. The number of halogens is 1. The summed E-state index contributed by atoms with van der Waals surface area (Å²) in [6.45, 7) is 1.80. The van der Waals surface area contributed by atoms with E-state index in [1.165, 1.54) is 5.01 Å². The van der Waals surface area contributed by atoms with Crippen molar-refractivity contribution in [3.63, 3.8) is 0 Å². The number of rotatable bonds is 6. The van der Waals surface area contributed by atoms with Gasteiger partial charge in [-0.1, -0.05) is 54.9 Å². The third kappa shape index (κ3) is 4.47. The monoisotopic (exact) mass is 515 g/mol. The molecular formula is C29H26ClN3O4. The van der Waals surface area contributed by atoms with E-state index in [2.05, 4.69) is 4.98 Å². The highest BCUT2D eigenvalue weighted by molar-refractivity contribution is 6.30. The fraction of sp³-hybridized carbons (Fsp3) is 0.207. The number of hydrogen-bond acceptors (Lipinski definition) is 5. The molecule has 0 aliphatic carbocycles. The minimum absolute atomic E-state index is 0.139. The molecule has 5 rings (SSSR count). The molecule has 8 heteroatoms. The fourth-order valence-electron chi connectivity index (χ4n) is 4.81. The Labute approximate surface area is 219 Å². The number of para-hydroxylation sites is 1. The molecule has 0 saturated heterocycles. The van der Waals surface area contributed by atoms with Crippen LogP contribution in [0.2, 0.25) is 5.02 Å². The van der Waals surface area contributed by atoms with Gasteiger partial charge in [0.05, 0.1) is 31.5 Å². The number of nitrogens with one attached hydrogen (secondary N) is 1. The zero-order chi connectivity index (χ0) is 26.1. The number of amides is 1. The predicted molar refractivity (Wildman–Crippen MR) is 146 cm³/mol. The third-order valence-electron chi connectivity index (χ3n) is 6.60. The van der Waals surface area contributed by atoms with Gasteiger partial charge in [0.25, 0.3) is 5.56 Å². The zero-order valence-electron chi connectivity index (χ0n) is 20.7. The number of hydrogen-bond donors (Lipinski definition) is 1. The fourth-order valence-corrected chi connectivity index (χ4v) is 4.93. The average Bonchev–Trinajstić information content (AvgIpc) is 3.37. The molecular weight excluding hydrogens is 490 g/mol. The molecule has 2 heterocycles. The molecule has 0 fully saturated rings. The van der Waals surface area contributed by atoms with Crippen molar-refractivity contribution in [3.05, 3.63) is 93.2 Å². The molecule has 1 aliphatic rings. The number of fused-ring (bicyclic) bond motifs is 1. The van der Waals surface area contributed by atoms with Crippen LogP contribution >= 0.6 is 11.6 Å². The number of pyridine rings is 1. The molecule has 4 aromatic rings. The Hall–Kier alpha value is -4.10. The molecule has 37 heavy (non-hydrogen) atoms. The van der Waals surface area contributed by atoms with E-state index in [9.17, 15) is 9.59 Å². The first-order valence-electron chi connectivity index (χ1n) is 12.0. The maximum atomic E-state index is 13.6. The van der Waals surface area contributed by atoms with Crippen molar-refractivity contribution in [1.29, 1.82) is 0 Å². The number of methoxy groups -OCH3 is 2. The second kappa shape index (κ2) is 10.1. The Morgan fingerprint density at radius 3 is 2.46 bits per heavy atom. The number of aromatic amines is 1. The number of ether oxygens (including phenoxy) is 2. The van der Waals surface area contributed by atoms with E-state index in [0.29, 0.717) is 34.2 Å².